The molecule has 7 nitrogen and oxygen atoms in total. The molecule has 1 atom stereocenters. The van der Waals surface area contributed by atoms with Gasteiger partial charge in [0, 0.05) is 49.0 Å². The summed E-state index contributed by atoms with van der Waals surface area (Å²) in [6.07, 6.45) is 3.82. The van der Waals surface area contributed by atoms with Crippen molar-refractivity contribution in [3.8, 4) is 11.3 Å². The normalized spacial score (nSPS) is 21.8. The molecule has 132 valence electrons. The Kier molecular flexibility index (Phi) is 3.67. The molecule has 1 unspecified atom stereocenters. The molecule has 7 heteroatoms. The van der Waals surface area contributed by atoms with Gasteiger partial charge in [-0.05, 0) is 44.4 Å². The lowest BCUT2D eigenvalue weighted by atomic mass is 9.82. The van der Waals surface area contributed by atoms with Crippen molar-refractivity contribution in [2.24, 2.45) is 0 Å². The van der Waals surface area contributed by atoms with Crippen molar-refractivity contribution in [3.05, 3.63) is 29.6 Å². The van der Waals surface area contributed by atoms with Gasteiger partial charge in [0.1, 0.15) is 5.82 Å². The van der Waals surface area contributed by atoms with Crippen LogP contribution in [-0.2, 0) is 12.0 Å². The van der Waals surface area contributed by atoms with E-state index in [1.54, 1.807) is 6.20 Å². The molecule has 0 radical (unpaired) electrons. The highest BCUT2D eigenvalue weighted by Gasteiger charge is 2.46. The maximum Gasteiger partial charge on any atom is 0.317 e. The Hall–Kier alpha value is -2.57. The summed E-state index contributed by atoms with van der Waals surface area (Å²) in [6, 6.07) is 4.24. The van der Waals surface area contributed by atoms with Gasteiger partial charge >= 0.3 is 6.03 Å². The number of aryl methyl sites for hydroxylation is 2. The minimum Gasteiger partial charge on any atom is -0.383 e. The summed E-state index contributed by atoms with van der Waals surface area (Å²) in [5.41, 5.74) is 9.98. The first-order valence-electron chi connectivity index (χ1n) is 8.86. The molecule has 2 aliphatic heterocycles. The molecule has 0 aliphatic carbocycles. The zero-order valence-electron chi connectivity index (χ0n) is 14.7. The second kappa shape index (κ2) is 5.75. The predicted octanol–water partition coefficient (Wildman–Crippen LogP) is 1.91. The molecule has 4 heterocycles. The number of pyridine rings is 1. The molecule has 2 aliphatic rings. The summed E-state index contributed by atoms with van der Waals surface area (Å²) >= 11 is 0. The zero-order valence-corrected chi connectivity index (χ0v) is 14.7. The van der Waals surface area contributed by atoms with E-state index in [0.717, 1.165) is 49.3 Å². The molecular formula is C18H24N6O. The number of carbonyl (C=O) groups excluding carboxylic acids is 1. The van der Waals surface area contributed by atoms with Crippen LogP contribution in [0.5, 0.6) is 0 Å². The van der Waals surface area contributed by atoms with Crippen molar-refractivity contribution in [3.63, 3.8) is 0 Å². The van der Waals surface area contributed by atoms with Crippen molar-refractivity contribution in [1.29, 1.82) is 0 Å². The van der Waals surface area contributed by atoms with E-state index in [1.807, 2.05) is 24.8 Å². The maximum atomic E-state index is 12.2. The van der Waals surface area contributed by atoms with Crippen LogP contribution in [0.4, 0.5) is 10.6 Å². The first kappa shape index (κ1) is 15.9. The molecule has 3 N–H and O–H groups in total. The van der Waals surface area contributed by atoms with E-state index in [1.165, 1.54) is 5.69 Å². The molecule has 1 fully saturated rings. The number of hydrogen-bond donors (Lipinski definition) is 2. The van der Waals surface area contributed by atoms with Crippen molar-refractivity contribution in [2.75, 3.05) is 25.4 Å². The maximum absolute atomic E-state index is 12.2. The Labute approximate surface area is 147 Å². The largest absolute Gasteiger partial charge is 0.383 e. The molecular weight excluding hydrogens is 316 g/mol. The summed E-state index contributed by atoms with van der Waals surface area (Å²) in [5.74, 6) is 0.556. The van der Waals surface area contributed by atoms with Gasteiger partial charge in [0.15, 0.2) is 0 Å². The molecule has 0 bridgehead atoms. The van der Waals surface area contributed by atoms with Crippen LogP contribution in [-0.4, -0.2) is 45.3 Å². The number of hydrogen-bond acceptors (Lipinski definition) is 4. The van der Waals surface area contributed by atoms with E-state index >= 15 is 0 Å². The third-order valence-corrected chi connectivity index (χ3v) is 5.51. The smallest absolute Gasteiger partial charge is 0.317 e. The number of fused-ring (bicyclic) bond motifs is 2. The second-order valence-corrected chi connectivity index (χ2v) is 7.10. The van der Waals surface area contributed by atoms with E-state index in [0.29, 0.717) is 12.4 Å². The quantitative estimate of drug-likeness (QED) is 0.874. The van der Waals surface area contributed by atoms with E-state index in [2.05, 4.69) is 21.0 Å². The molecule has 1 saturated heterocycles. The Morgan fingerprint density at radius 2 is 2.16 bits per heavy atom. The van der Waals surface area contributed by atoms with Gasteiger partial charge in [-0.2, -0.15) is 5.10 Å². The average molecular weight is 340 g/mol. The lowest BCUT2D eigenvalue weighted by Crippen LogP contribution is -2.40. The molecule has 2 amide bonds. The Morgan fingerprint density at radius 1 is 1.36 bits per heavy atom. The van der Waals surface area contributed by atoms with Gasteiger partial charge in [-0.15, -0.1) is 0 Å². The van der Waals surface area contributed by atoms with Crippen LogP contribution in [0.2, 0.25) is 0 Å². The molecule has 0 aromatic carbocycles. The van der Waals surface area contributed by atoms with Crippen LogP contribution in [0.25, 0.3) is 11.3 Å². The van der Waals surface area contributed by atoms with Crippen LogP contribution < -0.4 is 11.1 Å². The topological polar surface area (TPSA) is 89.1 Å². The van der Waals surface area contributed by atoms with Crippen LogP contribution in [0.15, 0.2) is 18.3 Å². The number of nitrogens with zero attached hydrogens (tertiary/aromatic N) is 4. The fraction of sp³-hybridized carbons (Fsp3) is 0.500. The second-order valence-electron chi connectivity index (χ2n) is 7.10. The van der Waals surface area contributed by atoms with Gasteiger partial charge in [-0.1, -0.05) is 0 Å². The lowest BCUT2D eigenvalue weighted by Gasteiger charge is -2.23. The van der Waals surface area contributed by atoms with Crippen molar-refractivity contribution in [1.82, 2.24) is 25.0 Å². The lowest BCUT2D eigenvalue weighted by molar-refractivity contribution is 0.206. The van der Waals surface area contributed by atoms with Crippen LogP contribution >= 0.6 is 0 Å². The van der Waals surface area contributed by atoms with E-state index in [9.17, 15) is 4.79 Å². The van der Waals surface area contributed by atoms with Crippen molar-refractivity contribution < 1.29 is 4.79 Å². The standard InChI is InChI=1S/C18H24N6O/c1-3-20-17(25)23-6-4-18(11-23)5-7-24-15(18)9-14(22-24)13-8-12(2)16(19)21-10-13/h8-10H,3-7,11H2,1-2H3,(H2,19,21)(H,20,25). The van der Waals surface area contributed by atoms with E-state index in [4.69, 9.17) is 10.8 Å². The third kappa shape index (κ3) is 2.54. The molecule has 1 spiro atoms. The molecule has 0 saturated carbocycles. The van der Waals surface area contributed by atoms with Gasteiger partial charge < -0.3 is 16.0 Å². The first-order valence-corrected chi connectivity index (χ1v) is 8.86. The number of urea groups is 1. The minimum atomic E-state index is 0.0343. The van der Waals surface area contributed by atoms with E-state index < -0.39 is 0 Å². The van der Waals surface area contributed by atoms with Gasteiger partial charge in [-0.3, -0.25) is 4.68 Å². The Balaban J connectivity index is 1.62. The Morgan fingerprint density at radius 3 is 2.92 bits per heavy atom. The van der Waals surface area contributed by atoms with Crippen LogP contribution in [0.1, 0.15) is 31.0 Å². The van der Waals surface area contributed by atoms with Crippen LogP contribution in [0, 0.1) is 6.92 Å². The van der Waals surface area contributed by atoms with Crippen LogP contribution in [0.3, 0.4) is 0 Å². The highest BCUT2D eigenvalue weighted by Crippen LogP contribution is 2.43. The number of carbonyl (C=O) groups is 1. The third-order valence-electron chi connectivity index (χ3n) is 5.51. The number of nitrogen functional groups attached to an aromatic ring is 1. The van der Waals surface area contributed by atoms with Gasteiger partial charge in [0.25, 0.3) is 0 Å². The van der Waals surface area contributed by atoms with Gasteiger partial charge in [-0.25, -0.2) is 9.78 Å². The zero-order chi connectivity index (χ0) is 17.6. The summed E-state index contributed by atoms with van der Waals surface area (Å²) in [5, 5.41) is 7.68. The molecule has 25 heavy (non-hydrogen) atoms. The van der Waals surface area contributed by atoms with E-state index in [-0.39, 0.29) is 11.4 Å². The number of nitrogens with one attached hydrogen (secondary N) is 1. The average Bonchev–Trinajstić information content (AvgIpc) is 3.27. The molecule has 2 aromatic heterocycles. The summed E-state index contributed by atoms with van der Waals surface area (Å²) in [7, 11) is 0. The van der Waals surface area contributed by atoms with Crippen molar-refractivity contribution >= 4 is 11.8 Å². The Bertz CT molecular complexity index is 829. The highest BCUT2D eigenvalue weighted by molar-refractivity contribution is 5.74. The highest BCUT2D eigenvalue weighted by atomic mass is 16.2. The first-order chi connectivity index (χ1) is 12.0. The number of nitrogens with two attached hydrogens (primary N) is 1. The number of aromatic nitrogens is 3. The number of likely N-dealkylation sites (tertiary alicyclic amines) is 1. The van der Waals surface area contributed by atoms with Crippen molar-refractivity contribution in [2.45, 2.75) is 38.6 Å². The SMILES string of the molecule is CCNC(=O)N1CCC2(CCn3nc(-c4cnc(N)c(C)c4)cc32)C1. The fourth-order valence-corrected chi connectivity index (χ4v) is 4.05. The summed E-state index contributed by atoms with van der Waals surface area (Å²) in [6.45, 7) is 7.04. The summed E-state index contributed by atoms with van der Waals surface area (Å²) in [4.78, 5) is 18.3. The van der Waals surface area contributed by atoms with Gasteiger partial charge in [0.05, 0.1) is 5.69 Å². The summed E-state index contributed by atoms with van der Waals surface area (Å²) < 4.78 is 2.10. The number of anilines is 1. The minimum absolute atomic E-state index is 0.0343. The molecule has 4 rings (SSSR count). The number of rotatable bonds is 2. The number of amides is 2. The van der Waals surface area contributed by atoms with Gasteiger partial charge in [0.2, 0.25) is 0 Å². The molecule has 2 aromatic rings. The fourth-order valence-electron chi connectivity index (χ4n) is 4.05. The monoisotopic (exact) mass is 340 g/mol. The predicted molar refractivity (Wildman–Crippen MR) is 96.2 cm³/mol.